The van der Waals surface area contributed by atoms with E-state index in [0.29, 0.717) is 0 Å². The largest absolute Gasteiger partial charge is 0.482 e. The molecule has 0 spiro atoms. The van der Waals surface area contributed by atoms with Gasteiger partial charge in [0, 0.05) is 17.3 Å². The zero-order valence-corrected chi connectivity index (χ0v) is 18.5. The maximum absolute atomic E-state index is 12.8. The van der Waals surface area contributed by atoms with Crippen molar-refractivity contribution in [1.29, 1.82) is 0 Å². The fraction of sp³-hybridized carbons (Fsp3) is 0.125. The predicted octanol–water partition coefficient (Wildman–Crippen LogP) is 4.67. The molecule has 3 aromatic carbocycles. The number of nitrogens with zero attached hydrogens (tertiary/aromatic N) is 2. The van der Waals surface area contributed by atoms with E-state index in [0.717, 1.165) is 30.0 Å². The molecule has 3 aromatic rings. The van der Waals surface area contributed by atoms with Gasteiger partial charge in [-0.2, -0.15) is 18.3 Å². The van der Waals surface area contributed by atoms with Crippen LogP contribution in [0.1, 0.15) is 23.1 Å². The Hall–Kier alpha value is -4.74. The Morgan fingerprint density at radius 2 is 1.75 bits per heavy atom. The fourth-order valence-electron chi connectivity index (χ4n) is 2.96. The first-order valence-electron chi connectivity index (χ1n) is 10.4. The van der Waals surface area contributed by atoms with Crippen molar-refractivity contribution in [1.82, 2.24) is 5.43 Å². The predicted molar refractivity (Wildman–Crippen MR) is 124 cm³/mol. The highest BCUT2D eigenvalue weighted by Gasteiger charge is 2.30. The Morgan fingerprint density at radius 3 is 2.44 bits per heavy atom. The van der Waals surface area contributed by atoms with Crippen molar-refractivity contribution >= 4 is 29.4 Å². The van der Waals surface area contributed by atoms with E-state index in [1.807, 2.05) is 30.3 Å². The third-order valence-electron chi connectivity index (χ3n) is 4.61. The van der Waals surface area contributed by atoms with Crippen LogP contribution < -0.4 is 15.5 Å². The lowest BCUT2D eigenvalue weighted by Gasteiger charge is -2.09. The number of amides is 2. The van der Waals surface area contributed by atoms with E-state index in [-0.39, 0.29) is 29.3 Å². The maximum atomic E-state index is 12.8. The number of ether oxygens (including phenoxy) is 1. The first kappa shape index (κ1) is 25.9. The Labute approximate surface area is 202 Å². The molecule has 9 nitrogen and oxygen atoms in total. The summed E-state index contributed by atoms with van der Waals surface area (Å²) in [6.07, 6.45) is -4.15. The molecule has 0 heterocycles. The molecule has 186 valence electrons. The number of alkyl halides is 3. The molecular formula is C24H19F3N4O5. The summed E-state index contributed by atoms with van der Waals surface area (Å²) in [5.74, 6) is -1.64. The van der Waals surface area contributed by atoms with Crippen molar-refractivity contribution in [3.8, 4) is 5.75 Å². The topological polar surface area (TPSA) is 123 Å². The highest BCUT2D eigenvalue weighted by Crippen LogP contribution is 2.31. The number of nitro groups is 1. The van der Waals surface area contributed by atoms with E-state index in [4.69, 9.17) is 4.74 Å². The number of hydrogen-bond acceptors (Lipinski definition) is 6. The van der Waals surface area contributed by atoms with Gasteiger partial charge in [-0.3, -0.25) is 19.7 Å². The monoisotopic (exact) mass is 500 g/mol. The standard InChI is InChI=1S/C24H19F3N4O5/c25-24(26,27)18-7-4-8-19(12-18)29-22(32)13-23(33)30-28-14-17-9-10-21(20(11-17)31(34)35)36-15-16-5-2-1-3-6-16/h1-12,14H,13,15H2,(H,29,32)(H,30,33). The summed E-state index contributed by atoms with van der Waals surface area (Å²) >= 11 is 0. The minimum atomic E-state index is -4.58. The highest BCUT2D eigenvalue weighted by atomic mass is 19.4. The molecule has 2 N–H and O–H groups in total. The summed E-state index contributed by atoms with van der Waals surface area (Å²) in [4.78, 5) is 34.7. The number of nitro benzene ring substituents is 1. The molecule has 0 aromatic heterocycles. The second kappa shape index (κ2) is 11.6. The first-order chi connectivity index (χ1) is 17.1. The smallest absolute Gasteiger partial charge is 0.416 e. The van der Waals surface area contributed by atoms with E-state index < -0.39 is 34.9 Å². The number of carbonyl (C=O) groups excluding carboxylic acids is 2. The van der Waals surface area contributed by atoms with Crippen molar-refractivity contribution in [2.75, 3.05) is 5.32 Å². The van der Waals surface area contributed by atoms with Crippen LogP contribution in [0, 0.1) is 10.1 Å². The Bertz CT molecular complexity index is 1280. The van der Waals surface area contributed by atoms with Gasteiger partial charge in [-0.15, -0.1) is 0 Å². The van der Waals surface area contributed by atoms with E-state index >= 15 is 0 Å². The molecule has 0 saturated carbocycles. The molecule has 0 atom stereocenters. The average Bonchev–Trinajstić information content (AvgIpc) is 2.83. The third kappa shape index (κ3) is 7.65. The molecule has 36 heavy (non-hydrogen) atoms. The molecule has 3 rings (SSSR count). The van der Waals surface area contributed by atoms with Crippen molar-refractivity contribution in [3.05, 3.63) is 99.6 Å². The van der Waals surface area contributed by atoms with Crippen LogP contribution >= 0.6 is 0 Å². The summed E-state index contributed by atoms with van der Waals surface area (Å²) in [6.45, 7) is 0.133. The van der Waals surface area contributed by atoms with Gasteiger partial charge in [-0.25, -0.2) is 5.43 Å². The summed E-state index contributed by atoms with van der Waals surface area (Å²) in [5.41, 5.74) is 1.83. The number of hydrazone groups is 1. The van der Waals surface area contributed by atoms with E-state index in [1.54, 1.807) is 0 Å². The quantitative estimate of drug-likeness (QED) is 0.191. The first-order valence-corrected chi connectivity index (χ1v) is 10.4. The maximum Gasteiger partial charge on any atom is 0.416 e. The second-order valence-electron chi connectivity index (χ2n) is 7.36. The van der Waals surface area contributed by atoms with Crippen molar-refractivity contribution in [2.45, 2.75) is 19.2 Å². The van der Waals surface area contributed by atoms with Crippen LogP contribution in [0.5, 0.6) is 5.75 Å². The molecule has 0 unspecified atom stereocenters. The minimum absolute atomic E-state index is 0.0521. The average molecular weight is 500 g/mol. The van der Waals surface area contributed by atoms with Gasteiger partial charge in [-0.05, 0) is 35.9 Å². The summed E-state index contributed by atoms with van der Waals surface area (Å²) in [7, 11) is 0. The van der Waals surface area contributed by atoms with Gasteiger partial charge in [0.15, 0.2) is 5.75 Å². The van der Waals surface area contributed by atoms with Crippen molar-refractivity contribution in [3.63, 3.8) is 0 Å². The summed E-state index contributed by atoms with van der Waals surface area (Å²) < 4.78 is 43.8. The van der Waals surface area contributed by atoms with Gasteiger partial charge in [0.1, 0.15) is 13.0 Å². The minimum Gasteiger partial charge on any atom is -0.482 e. The number of halogens is 3. The van der Waals surface area contributed by atoms with Gasteiger partial charge in [0.25, 0.3) is 0 Å². The van der Waals surface area contributed by atoms with Gasteiger partial charge < -0.3 is 10.1 Å². The molecule has 0 saturated heterocycles. The van der Waals surface area contributed by atoms with Gasteiger partial charge in [-0.1, -0.05) is 36.4 Å². The van der Waals surface area contributed by atoms with Crippen molar-refractivity contribution < 1.29 is 32.4 Å². The van der Waals surface area contributed by atoms with Crippen LogP contribution in [0.4, 0.5) is 24.5 Å². The molecule has 0 aliphatic rings. The Kier molecular flexibility index (Phi) is 8.34. The van der Waals surface area contributed by atoms with Gasteiger partial charge in [0.2, 0.25) is 11.8 Å². The van der Waals surface area contributed by atoms with Gasteiger partial charge in [0.05, 0.1) is 16.7 Å². The lowest BCUT2D eigenvalue weighted by molar-refractivity contribution is -0.385. The number of rotatable bonds is 9. The van der Waals surface area contributed by atoms with Crippen molar-refractivity contribution in [2.24, 2.45) is 5.10 Å². The molecule has 0 aliphatic heterocycles. The molecule has 0 bridgehead atoms. The number of anilines is 1. The van der Waals surface area contributed by atoms with Crippen LogP contribution in [-0.4, -0.2) is 23.0 Å². The van der Waals surface area contributed by atoms with Crippen LogP contribution in [0.3, 0.4) is 0 Å². The molecule has 0 aliphatic carbocycles. The lowest BCUT2D eigenvalue weighted by Crippen LogP contribution is -2.24. The molecule has 12 heteroatoms. The summed E-state index contributed by atoms with van der Waals surface area (Å²) in [5, 5.41) is 17.3. The lowest BCUT2D eigenvalue weighted by atomic mass is 10.2. The second-order valence-corrected chi connectivity index (χ2v) is 7.36. The molecule has 0 radical (unpaired) electrons. The number of carbonyl (C=O) groups is 2. The zero-order chi connectivity index (χ0) is 26.1. The van der Waals surface area contributed by atoms with Gasteiger partial charge >= 0.3 is 11.9 Å². The Morgan fingerprint density at radius 1 is 1.00 bits per heavy atom. The Balaban J connectivity index is 1.55. The van der Waals surface area contributed by atoms with Crippen LogP contribution in [-0.2, 0) is 22.4 Å². The van der Waals surface area contributed by atoms with E-state index in [2.05, 4.69) is 15.8 Å². The van der Waals surface area contributed by atoms with Crippen LogP contribution in [0.2, 0.25) is 0 Å². The third-order valence-corrected chi connectivity index (χ3v) is 4.61. The SMILES string of the molecule is O=C(CC(=O)Nc1cccc(C(F)(F)F)c1)NN=Cc1ccc(OCc2ccccc2)c([N+](=O)[O-])c1. The number of nitrogens with one attached hydrogen (secondary N) is 2. The molecular weight excluding hydrogens is 481 g/mol. The highest BCUT2D eigenvalue weighted by molar-refractivity contribution is 6.03. The molecule has 0 fully saturated rings. The molecule has 2 amide bonds. The number of hydrogen-bond donors (Lipinski definition) is 2. The van der Waals surface area contributed by atoms with E-state index in [9.17, 15) is 32.9 Å². The van der Waals surface area contributed by atoms with Crippen LogP contribution in [0.25, 0.3) is 0 Å². The normalized spacial score (nSPS) is 11.2. The van der Waals surface area contributed by atoms with Crippen LogP contribution in [0.15, 0.2) is 77.9 Å². The fourth-order valence-corrected chi connectivity index (χ4v) is 2.96. The number of benzene rings is 3. The zero-order valence-electron chi connectivity index (χ0n) is 18.5. The summed E-state index contributed by atoms with van der Waals surface area (Å²) in [6, 6.07) is 17.2. The van der Waals surface area contributed by atoms with E-state index in [1.165, 1.54) is 24.3 Å².